The van der Waals surface area contributed by atoms with Crippen LogP contribution in [0, 0.1) is 0 Å². The zero-order valence-electron chi connectivity index (χ0n) is 12.1. The SMILES string of the molecule is O=C(Cn1cnc2ccc(Cl)cc2c1=O)Nc1cc(Cl)ccc1Cl. The average molecular weight is 383 g/mol. The quantitative estimate of drug-likeness (QED) is 0.745. The average Bonchev–Trinajstić information content (AvgIpc) is 2.54. The van der Waals surface area contributed by atoms with Crippen LogP contribution in [0.4, 0.5) is 5.69 Å². The van der Waals surface area contributed by atoms with E-state index < -0.39 is 5.91 Å². The third-order valence-corrected chi connectivity index (χ3v) is 4.10. The van der Waals surface area contributed by atoms with E-state index in [1.807, 2.05) is 0 Å². The van der Waals surface area contributed by atoms with Crippen LogP contribution in [0.3, 0.4) is 0 Å². The molecule has 1 aromatic heterocycles. The molecular formula is C16H10Cl3N3O2. The number of amides is 1. The number of benzene rings is 2. The zero-order chi connectivity index (χ0) is 17.3. The number of hydrogen-bond acceptors (Lipinski definition) is 3. The van der Waals surface area contributed by atoms with Gasteiger partial charge in [0, 0.05) is 10.0 Å². The highest BCUT2D eigenvalue weighted by molar-refractivity contribution is 6.35. The standard InChI is InChI=1S/C16H10Cl3N3O2/c17-9-2-4-13-11(5-9)16(24)22(8-20-13)7-15(23)21-14-6-10(18)1-3-12(14)19/h1-6,8H,7H2,(H,21,23). The molecule has 1 heterocycles. The first-order valence-corrected chi connectivity index (χ1v) is 7.97. The summed E-state index contributed by atoms with van der Waals surface area (Å²) in [6.07, 6.45) is 1.32. The fourth-order valence-corrected chi connectivity index (χ4v) is 2.69. The number of aromatic nitrogens is 2. The molecule has 8 heteroatoms. The van der Waals surface area contributed by atoms with Gasteiger partial charge in [-0.1, -0.05) is 34.8 Å². The van der Waals surface area contributed by atoms with E-state index in [4.69, 9.17) is 34.8 Å². The van der Waals surface area contributed by atoms with Crippen LogP contribution in [0.15, 0.2) is 47.5 Å². The van der Waals surface area contributed by atoms with Crippen molar-refractivity contribution in [2.75, 3.05) is 5.32 Å². The van der Waals surface area contributed by atoms with Crippen molar-refractivity contribution in [3.8, 4) is 0 Å². The van der Waals surface area contributed by atoms with E-state index in [0.717, 1.165) is 0 Å². The molecule has 3 aromatic rings. The highest BCUT2D eigenvalue weighted by atomic mass is 35.5. The summed E-state index contributed by atoms with van der Waals surface area (Å²) < 4.78 is 1.20. The molecule has 122 valence electrons. The fraction of sp³-hybridized carbons (Fsp3) is 0.0625. The molecule has 1 amide bonds. The normalized spacial score (nSPS) is 10.8. The lowest BCUT2D eigenvalue weighted by Gasteiger charge is -2.09. The molecule has 3 rings (SSSR count). The van der Waals surface area contributed by atoms with Gasteiger partial charge in [-0.2, -0.15) is 0 Å². The molecule has 2 aromatic carbocycles. The number of hydrogen-bond donors (Lipinski definition) is 1. The first-order valence-electron chi connectivity index (χ1n) is 6.83. The van der Waals surface area contributed by atoms with Crippen LogP contribution in [0.1, 0.15) is 0 Å². The first-order chi connectivity index (χ1) is 11.4. The smallest absolute Gasteiger partial charge is 0.261 e. The summed E-state index contributed by atoms with van der Waals surface area (Å²) >= 11 is 17.8. The van der Waals surface area contributed by atoms with E-state index in [1.54, 1.807) is 24.3 Å². The van der Waals surface area contributed by atoms with E-state index in [1.165, 1.54) is 23.0 Å². The molecule has 0 radical (unpaired) electrons. The molecule has 0 aliphatic carbocycles. The van der Waals surface area contributed by atoms with Crippen molar-refractivity contribution in [3.05, 3.63) is 68.1 Å². The Kier molecular flexibility index (Phi) is 4.76. The number of carbonyl (C=O) groups is 1. The zero-order valence-corrected chi connectivity index (χ0v) is 14.4. The molecule has 0 aliphatic rings. The minimum atomic E-state index is -0.426. The summed E-state index contributed by atoms with van der Waals surface area (Å²) in [5.41, 5.74) is 0.535. The number of nitrogens with one attached hydrogen (secondary N) is 1. The highest BCUT2D eigenvalue weighted by Gasteiger charge is 2.10. The van der Waals surface area contributed by atoms with Gasteiger partial charge in [0.15, 0.2) is 0 Å². The summed E-state index contributed by atoms with van der Waals surface area (Å²) in [6, 6.07) is 9.54. The van der Waals surface area contributed by atoms with Crippen molar-refractivity contribution in [2.24, 2.45) is 0 Å². The molecule has 0 unspecified atom stereocenters. The van der Waals surface area contributed by atoms with Crippen LogP contribution in [0.5, 0.6) is 0 Å². The van der Waals surface area contributed by atoms with Crippen molar-refractivity contribution >= 4 is 57.3 Å². The predicted octanol–water partition coefficient (Wildman–Crippen LogP) is 4.00. The Balaban J connectivity index is 1.87. The third-order valence-electron chi connectivity index (χ3n) is 3.30. The van der Waals surface area contributed by atoms with E-state index in [2.05, 4.69) is 10.3 Å². The van der Waals surface area contributed by atoms with Gasteiger partial charge in [-0.15, -0.1) is 0 Å². The lowest BCUT2D eigenvalue weighted by Crippen LogP contribution is -2.28. The van der Waals surface area contributed by atoms with Gasteiger partial charge in [-0.05, 0) is 36.4 Å². The van der Waals surface area contributed by atoms with Gasteiger partial charge in [0.1, 0.15) is 6.54 Å². The second kappa shape index (κ2) is 6.81. The van der Waals surface area contributed by atoms with Crippen LogP contribution in [-0.2, 0) is 11.3 Å². The third kappa shape index (κ3) is 3.53. The van der Waals surface area contributed by atoms with Crippen LogP contribution in [0.2, 0.25) is 15.1 Å². The number of halogens is 3. The summed E-state index contributed by atoms with van der Waals surface area (Å²) in [5.74, 6) is -0.426. The molecule has 0 fully saturated rings. The number of anilines is 1. The molecule has 0 aliphatic heterocycles. The van der Waals surface area contributed by atoms with Crippen LogP contribution in [-0.4, -0.2) is 15.5 Å². The Morgan fingerprint density at radius 3 is 2.58 bits per heavy atom. The van der Waals surface area contributed by atoms with Gasteiger partial charge in [0.05, 0.1) is 27.9 Å². The van der Waals surface area contributed by atoms with Crippen molar-refractivity contribution in [3.63, 3.8) is 0 Å². The summed E-state index contributed by atoms with van der Waals surface area (Å²) in [7, 11) is 0. The summed E-state index contributed by atoms with van der Waals surface area (Å²) in [6.45, 7) is -0.211. The molecule has 5 nitrogen and oxygen atoms in total. The van der Waals surface area contributed by atoms with Gasteiger partial charge in [0.2, 0.25) is 5.91 Å². The highest BCUT2D eigenvalue weighted by Crippen LogP contribution is 2.25. The summed E-state index contributed by atoms with van der Waals surface area (Å²) in [5, 5.41) is 4.18. The molecule has 0 spiro atoms. The Morgan fingerprint density at radius 2 is 1.79 bits per heavy atom. The molecular weight excluding hydrogens is 373 g/mol. The largest absolute Gasteiger partial charge is 0.323 e. The maximum absolute atomic E-state index is 12.4. The second-order valence-corrected chi connectivity index (χ2v) is 6.29. The van der Waals surface area contributed by atoms with Crippen LogP contribution >= 0.6 is 34.8 Å². The Morgan fingerprint density at radius 1 is 1.08 bits per heavy atom. The van der Waals surface area contributed by atoms with Crippen LogP contribution < -0.4 is 10.9 Å². The maximum Gasteiger partial charge on any atom is 0.261 e. The number of carbonyl (C=O) groups excluding carboxylic acids is 1. The molecule has 0 saturated carbocycles. The minimum Gasteiger partial charge on any atom is -0.323 e. The number of nitrogens with zero attached hydrogens (tertiary/aromatic N) is 2. The van der Waals surface area contributed by atoms with E-state index in [0.29, 0.717) is 31.7 Å². The molecule has 0 atom stereocenters. The van der Waals surface area contributed by atoms with Gasteiger partial charge in [0.25, 0.3) is 5.56 Å². The number of fused-ring (bicyclic) bond motifs is 1. The van der Waals surface area contributed by atoms with Gasteiger partial charge in [-0.3, -0.25) is 14.2 Å². The van der Waals surface area contributed by atoms with Gasteiger partial charge in [-0.25, -0.2) is 4.98 Å². The van der Waals surface area contributed by atoms with Gasteiger partial charge >= 0.3 is 0 Å². The molecule has 0 bridgehead atoms. The van der Waals surface area contributed by atoms with Crippen LogP contribution in [0.25, 0.3) is 10.9 Å². The molecule has 1 N–H and O–H groups in total. The van der Waals surface area contributed by atoms with Crippen molar-refractivity contribution < 1.29 is 4.79 Å². The van der Waals surface area contributed by atoms with E-state index in [-0.39, 0.29) is 12.1 Å². The minimum absolute atomic E-state index is 0.211. The Labute approximate surface area is 151 Å². The first kappa shape index (κ1) is 16.8. The summed E-state index contributed by atoms with van der Waals surface area (Å²) in [4.78, 5) is 28.8. The Bertz CT molecular complexity index is 1000. The van der Waals surface area contributed by atoms with Crippen molar-refractivity contribution in [1.29, 1.82) is 0 Å². The second-order valence-electron chi connectivity index (χ2n) is 5.01. The topological polar surface area (TPSA) is 64.0 Å². The monoisotopic (exact) mass is 381 g/mol. The van der Waals surface area contributed by atoms with Crippen molar-refractivity contribution in [2.45, 2.75) is 6.54 Å². The Hall–Kier alpha value is -2.08. The van der Waals surface area contributed by atoms with Gasteiger partial charge < -0.3 is 5.32 Å². The molecule has 0 saturated heterocycles. The maximum atomic E-state index is 12.4. The van der Waals surface area contributed by atoms with E-state index >= 15 is 0 Å². The molecule has 24 heavy (non-hydrogen) atoms. The predicted molar refractivity (Wildman–Crippen MR) is 96.1 cm³/mol. The van der Waals surface area contributed by atoms with Crippen molar-refractivity contribution in [1.82, 2.24) is 9.55 Å². The van der Waals surface area contributed by atoms with E-state index in [9.17, 15) is 9.59 Å². The fourth-order valence-electron chi connectivity index (χ4n) is 2.18. The lowest BCUT2D eigenvalue weighted by atomic mass is 10.2. The number of rotatable bonds is 3. The lowest BCUT2D eigenvalue weighted by molar-refractivity contribution is -0.116.